The summed E-state index contributed by atoms with van der Waals surface area (Å²) in [6.45, 7) is 0.755. The predicted octanol–water partition coefficient (Wildman–Crippen LogP) is 4.61. The third kappa shape index (κ3) is 3.04. The van der Waals surface area contributed by atoms with E-state index >= 15 is 0 Å². The second-order valence-electron chi connectivity index (χ2n) is 6.43. The topological polar surface area (TPSA) is 78.9 Å². The Labute approximate surface area is 163 Å². The van der Waals surface area contributed by atoms with Crippen molar-refractivity contribution in [3.63, 3.8) is 0 Å². The molecule has 1 atom stereocenters. The summed E-state index contributed by atoms with van der Waals surface area (Å²) in [6.07, 6.45) is 6.49. The van der Waals surface area contributed by atoms with E-state index in [-0.39, 0.29) is 6.23 Å². The summed E-state index contributed by atoms with van der Waals surface area (Å²) in [7, 11) is 0. The molecule has 5 rings (SSSR count). The normalized spacial score (nSPS) is 17.4. The first kappa shape index (κ1) is 16.6. The Bertz CT molecular complexity index is 1090. The van der Waals surface area contributed by atoms with Crippen molar-refractivity contribution in [3.05, 3.63) is 47.2 Å². The van der Waals surface area contributed by atoms with Gasteiger partial charge in [-0.15, -0.1) is 0 Å². The van der Waals surface area contributed by atoms with Gasteiger partial charge in [-0.25, -0.2) is 4.68 Å². The number of hydrogen-bond acceptors (Lipinski definition) is 6. The molecule has 4 aromatic rings. The van der Waals surface area contributed by atoms with Gasteiger partial charge in [0.1, 0.15) is 0 Å². The molecule has 1 aliphatic rings. The molecule has 136 valence electrons. The predicted molar refractivity (Wildman–Crippen MR) is 103 cm³/mol. The van der Waals surface area contributed by atoms with Crippen LogP contribution in [0.5, 0.6) is 0 Å². The Morgan fingerprint density at radius 2 is 2.00 bits per heavy atom. The van der Waals surface area contributed by atoms with Crippen LogP contribution in [0.3, 0.4) is 0 Å². The van der Waals surface area contributed by atoms with Crippen LogP contribution in [0.25, 0.3) is 33.9 Å². The number of halogens is 1. The van der Waals surface area contributed by atoms with Crippen molar-refractivity contribution in [2.24, 2.45) is 0 Å². The quantitative estimate of drug-likeness (QED) is 0.476. The largest absolute Gasteiger partial charge is 0.356 e. The highest BCUT2D eigenvalue weighted by molar-refractivity contribution is 9.10. The monoisotopic (exact) mass is 425 g/mol. The van der Waals surface area contributed by atoms with Crippen LogP contribution in [0.15, 0.2) is 51.7 Å². The SMILES string of the molecule is Brc1ccc2c(c1)c(-c1nc(-c3ccncc3)no1)nn2C1CCCCO1. The van der Waals surface area contributed by atoms with Gasteiger partial charge in [0.25, 0.3) is 5.89 Å². The summed E-state index contributed by atoms with van der Waals surface area (Å²) < 4.78 is 14.4. The van der Waals surface area contributed by atoms with Gasteiger partial charge in [-0.05, 0) is 49.6 Å². The smallest absolute Gasteiger partial charge is 0.279 e. The van der Waals surface area contributed by atoms with Crippen LogP contribution in [-0.2, 0) is 4.74 Å². The molecular weight excluding hydrogens is 410 g/mol. The average molecular weight is 426 g/mol. The van der Waals surface area contributed by atoms with Crippen LogP contribution in [-0.4, -0.2) is 31.5 Å². The minimum atomic E-state index is -0.0706. The fourth-order valence-electron chi connectivity index (χ4n) is 3.35. The molecule has 0 radical (unpaired) electrons. The molecule has 4 heterocycles. The molecule has 0 saturated carbocycles. The van der Waals surface area contributed by atoms with E-state index in [1.54, 1.807) is 12.4 Å². The summed E-state index contributed by atoms with van der Waals surface area (Å²) in [6, 6.07) is 9.75. The van der Waals surface area contributed by atoms with Gasteiger partial charge in [0.15, 0.2) is 11.9 Å². The molecule has 0 N–H and O–H groups in total. The first-order valence-corrected chi connectivity index (χ1v) is 9.63. The minimum Gasteiger partial charge on any atom is -0.356 e. The van der Waals surface area contributed by atoms with Crippen LogP contribution >= 0.6 is 15.9 Å². The Morgan fingerprint density at radius 1 is 1.11 bits per heavy atom. The lowest BCUT2D eigenvalue weighted by Gasteiger charge is -2.23. The summed E-state index contributed by atoms with van der Waals surface area (Å²) >= 11 is 3.54. The zero-order valence-electron chi connectivity index (χ0n) is 14.4. The van der Waals surface area contributed by atoms with Crippen molar-refractivity contribution in [2.75, 3.05) is 6.61 Å². The number of benzene rings is 1. The Balaban J connectivity index is 1.63. The van der Waals surface area contributed by atoms with E-state index in [4.69, 9.17) is 14.4 Å². The lowest BCUT2D eigenvalue weighted by atomic mass is 10.1. The summed E-state index contributed by atoms with van der Waals surface area (Å²) in [5.74, 6) is 0.901. The first-order valence-electron chi connectivity index (χ1n) is 8.83. The molecule has 27 heavy (non-hydrogen) atoms. The zero-order valence-corrected chi connectivity index (χ0v) is 16.0. The van der Waals surface area contributed by atoms with Crippen molar-refractivity contribution in [1.82, 2.24) is 24.9 Å². The number of fused-ring (bicyclic) bond motifs is 1. The van der Waals surface area contributed by atoms with Gasteiger partial charge >= 0.3 is 0 Å². The molecule has 0 bridgehead atoms. The standard InChI is InChI=1S/C19H16BrN5O2/c20-13-4-5-15-14(11-13)17(23-25(15)16-3-1-2-10-26-16)19-22-18(24-27-19)12-6-8-21-9-7-12/h4-9,11,16H,1-3,10H2. The molecule has 1 saturated heterocycles. The fraction of sp³-hybridized carbons (Fsp3) is 0.263. The van der Waals surface area contributed by atoms with E-state index in [9.17, 15) is 0 Å². The number of rotatable bonds is 3. The van der Waals surface area contributed by atoms with E-state index in [0.29, 0.717) is 17.4 Å². The molecule has 0 amide bonds. The molecule has 1 unspecified atom stereocenters. The van der Waals surface area contributed by atoms with Crippen molar-refractivity contribution in [3.8, 4) is 23.0 Å². The fourth-order valence-corrected chi connectivity index (χ4v) is 3.71. The van der Waals surface area contributed by atoms with Crippen molar-refractivity contribution < 1.29 is 9.26 Å². The van der Waals surface area contributed by atoms with Crippen LogP contribution in [0.2, 0.25) is 0 Å². The van der Waals surface area contributed by atoms with Gasteiger partial charge in [0.05, 0.1) is 5.52 Å². The summed E-state index contributed by atoms with van der Waals surface area (Å²) in [5, 5.41) is 9.85. The maximum absolute atomic E-state index is 5.94. The second kappa shape index (κ2) is 6.86. The van der Waals surface area contributed by atoms with Crippen LogP contribution < -0.4 is 0 Å². The highest BCUT2D eigenvalue weighted by Crippen LogP contribution is 2.34. The van der Waals surface area contributed by atoms with Gasteiger partial charge in [-0.1, -0.05) is 21.1 Å². The lowest BCUT2D eigenvalue weighted by molar-refractivity contribution is -0.0365. The number of ether oxygens (including phenoxy) is 1. The van der Waals surface area contributed by atoms with Crippen molar-refractivity contribution in [1.29, 1.82) is 0 Å². The molecule has 0 aliphatic carbocycles. The van der Waals surface area contributed by atoms with Gasteiger partial charge in [0, 0.05) is 34.4 Å². The minimum absolute atomic E-state index is 0.0706. The van der Waals surface area contributed by atoms with Gasteiger partial charge < -0.3 is 9.26 Å². The van der Waals surface area contributed by atoms with Crippen LogP contribution in [0, 0.1) is 0 Å². The third-order valence-corrected chi connectivity index (χ3v) is 5.16. The first-order chi connectivity index (χ1) is 13.3. The maximum atomic E-state index is 5.94. The number of aromatic nitrogens is 5. The molecule has 1 aromatic carbocycles. The van der Waals surface area contributed by atoms with E-state index in [2.05, 4.69) is 31.1 Å². The highest BCUT2D eigenvalue weighted by Gasteiger charge is 2.24. The Hall–Kier alpha value is -2.58. The van der Waals surface area contributed by atoms with Crippen LogP contribution in [0.1, 0.15) is 25.5 Å². The highest BCUT2D eigenvalue weighted by atomic mass is 79.9. The molecule has 7 nitrogen and oxygen atoms in total. The van der Waals surface area contributed by atoms with E-state index < -0.39 is 0 Å². The molecule has 3 aromatic heterocycles. The average Bonchev–Trinajstić information content (AvgIpc) is 3.34. The number of nitrogens with zero attached hydrogens (tertiary/aromatic N) is 5. The van der Waals surface area contributed by atoms with Crippen molar-refractivity contribution in [2.45, 2.75) is 25.5 Å². The summed E-state index contributed by atoms with van der Waals surface area (Å²) in [4.78, 5) is 8.57. The van der Waals surface area contributed by atoms with Gasteiger partial charge in [-0.2, -0.15) is 10.1 Å². The molecular formula is C19H16BrN5O2. The maximum Gasteiger partial charge on any atom is 0.279 e. The molecule has 1 aliphatic heterocycles. The second-order valence-corrected chi connectivity index (χ2v) is 7.35. The third-order valence-electron chi connectivity index (χ3n) is 4.66. The van der Waals surface area contributed by atoms with Crippen LogP contribution in [0.4, 0.5) is 0 Å². The van der Waals surface area contributed by atoms with E-state index in [1.165, 1.54) is 0 Å². The summed E-state index contributed by atoms with van der Waals surface area (Å²) in [5.41, 5.74) is 2.50. The van der Waals surface area contributed by atoms with E-state index in [0.717, 1.165) is 46.8 Å². The Kier molecular flexibility index (Phi) is 4.21. The zero-order chi connectivity index (χ0) is 18.2. The van der Waals surface area contributed by atoms with E-state index in [1.807, 2.05) is 35.0 Å². The molecule has 0 spiro atoms. The Morgan fingerprint density at radius 3 is 2.81 bits per heavy atom. The van der Waals surface area contributed by atoms with Crippen molar-refractivity contribution >= 4 is 26.8 Å². The van der Waals surface area contributed by atoms with Gasteiger partial charge in [-0.3, -0.25) is 4.98 Å². The number of hydrogen-bond donors (Lipinski definition) is 0. The molecule has 1 fully saturated rings. The lowest BCUT2D eigenvalue weighted by Crippen LogP contribution is -2.19. The number of pyridine rings is 1. The molecule has 8 heteroatoms. The van der Waals surface area contributed by atoms with Gasteiger partial charge in [0.2, 0.25) is 5.82 Å².